The molecule has 0 saturated heterocycles. The summed E-state index contributed by atoms with van der Waals surface area (Å²) in [6.45, 7) is 35.9. The van der Waals surface area contributed by atoms with E-state index in [0.717, 1.165) is 12.2 Å². The molecular weight excluding hydrogens is 412 g/mol. The van der Waals surface area contributed by atoms with E-state index < -0.39 is 11.2 Å². The highest BCUT2D eigenvalue weighted by Crippen LogP contribution is 2.13. The highest BCUT2D eigenvalue weighted by molar-refractivity contribution is 5.88. The average Bonchev–Trinajstić information content (AvgIpc) is 2.56. The van der Waals surface area contributed by atoms with Gasteiger partial charge in [0.25, 0.3) is 0 Å². The molecule has 4 nitrogen and oxygen atoms in total. The van der Waals surface area contributed by atoms with Crippen molar-refractivity contribution >= 4 is 5.97 Å². The molecule has 0 aromatic rings. The first-order valence-corrected chi connectivity index (χ1v) is 11.8. The molecule has 0 bridgehead atoms. The summed E-state index contributed by atoms with van der Waals surface area (Å²) in [7, 11) is 0. The van der Waals surface area contributed by atoms with Crippen molar-refractivity contribution in [3.05, 3.63) is 33.9 Å². The second-order valence-electron chi connectivity index (χ2n) is 11.8. The van der Waals surface area contributed by atoms with E-state index in [-0.39, 0.29) is 11.6 Å². The van der Waals surface area contributed by atoms with E-state index in [0.29, 0.717) is 5.57 Å². The molecule has 0 unspecified atom stereocenters. The third-order valence-electron chi connectivity index (χ3n) is 3.61. The van der Waals surface area contributed by atoms with Gasteiger partial charge in [0.2, 0.25) is 0 Å². The Bertz CT molecular complexity index is 610. The van der Waals surface area contributed by atoms with Crippen LogP contribution in [-0.2, 0) is 14.3 Å². The Kier molecular flexibility index (Phi) is 21.2. The lowest BCUT2D eigenvalue weighted by Gasteiger charge is -2.20. The van der Waals surface area contributed by atoms with Crippen molar-refractivity contribution in [3.8, 4) is 0 Å². The normalized spacial score (nSPS) is 10.6. The molecule has 0 aliphatic carbocycles. The fourth-order valence-corrected chi connectivity index (χ4v) is 1.03. The standard InChI is InChI=1S/C10H18O2.C10H20O.C5H10.C4H10O/c1-7(2)8(3)9(11)12-10(4,5)6;1-8(2)9(3)7-11-10(4,5)6;1-4-5(2)3;1-4(2,3)5/h1-6H3;7H2,1-6H3;4H,1-3H3;5H,1-3H3. The second-order valence-corrected chi connectivity index (χ2v) is 11.8. The summed E-state index contributed by atoms with van der Waals surface area (Å²) < 4.78 is 10.8. The van der Waals surface area contributed by atoms with E-state index in [1.807, 2.05) is 41.5 Å². The van der Waals surface area contributed by atoms with E-state index in [2.05, 4.69) is 61.5 Å². The fraction of sp³-hybridized carbons (Fsp3) is 0.759. The van der Waals surface area contributed by atoms with Crippen LogP contribution < -0.4 is 0 Å². The predicted molar refractivity (Wildman–Crippen MR) is 147 cm³/mol. The number of ether oxygens (including phenoxy) is 2. The molecule has 0 amide bonds. The molecule has 33 heavy (non-hydrogen) atoms. The Morgan fingerprint density at radius 2 is 1.06 bits per heavy atom. The monoisotopic (exact) mass is 470 g/mol. The average molecular weight is 471 g/mol. The Morgan fingerprint density at radius 1 is 0.727 bits per heavy atom. The number of carbonyl (C=O) groups excluding carboxylic acids is 1. The Hall–Kier alpha value is -1.39. The predicted octanol–water partition coefficient (Wildman–Crippen LogP) is 8.59. The van der Waals surface area contributed by atoms with Gasteiger partial charge in [0, 0.05) is 5.57 Å². The van der Waals surface area contributed by atoms with Gasteiger partial charge in [-0.05, 0) is 130 Å². The van der Waals surface area contributed by atoms with Crippen molar-refractivity contribution in [2.45, 2.75) is 141 Å². The van der Waals surface area contributed by atoms with Gasteiger partial charge in [0.15, 0.2) is 0 Å². The summed E-state index contributed by atoms with van der Waals surface area (Å²) in [4.78, 5) is 11.3. The third-order valence-corrected chi connectivity index (χ3v) is 3.61. The minimum absolute atomic E-state index is 0.0172. The van der Waals surface area contributed by atoms with Crippen LogP contribution in [0, 0.1) is 0 Å². The Balaban J connectivity index is -0.000000183. The quantitative estimate of drug-likeness (QED) is 0.255. The highest BCUT2D eigenvalue weighted by atomic mass is 16.6. The van der Waals surface area contributed by atoms with E-state index in [1.54, 1.807) is 27.7 Å². The van der Waals surface area contributed by atoms with E-state index in [1.165, 1.54) is 16.7 Å². The maximum atomic E-state index is 11.3. The van der Waals surface area contributed by atoms with Gasteiger partial charge < -0.3 is 14.6 Å². The summed E-state index contributed by atoms with van der Waals surface area (Å²) in [5.41, 5.74) is 4.86. The zero-order chi connectivity index (χ0) is 27.8. The van der Waals surface area contributed by atoms with Crippen LogP contribution >= 0.6 is 0 Å². The molecule has 0 radical (unpaired) electrons. The topological polar surface area (TPSA) is 55.8 Å². The molecule has 0 aromatic heterocycles. The minimum atomic E-state index is -0.500. The molecule has 1 N–H and O–H groups in total. The summed E-state index contributed by atoms with van der Waals surface area (Å²) in [5.74, 6) is -0.220. The van der Waals surface area contributed by atoms with Gasteiger partial charge in [-0.2, -0.15) is 0 Å². The first-order valence-electron chi connectivity index (χ1n) is 11.8. The molecule has 0 saturated carbocycles. The lowest BCUT2D eigenvalue weighted by Crippen LogP contribution is -2.24. The molecule has 0 aliphatic rings. The number of rotatable bonds is 3. The van der Waals surface area contributed by atoms with Crippen molar-refractivity contribution in [1.82, 2.24) is 0 Å². The number of esters is 1. The zero-order valence-electron chi connectivity index (χ0n) is 25.5. The molecule has 0 rings (SSSR count). The second kappa shape index (κ2) is 18.0. The van der Waals surface area contributed by atoms with Gasteiger partial charge in [-0.1, -0.05) is 22.8 Å². The van der Waals surface area contributed by atoms with Crippen molar-refractivity contribution in [2.75, 3.05) is 6.61 Å². The SMILES string of the molecule is CC(C)(C)O.CC(C)=C(C)C(=O)OC(C)(C)C.CC(C)=C(C)COC(C)(C)C.CC=C(C)C. The van der Waals surface area contributed by atoms with Gasteiger partial charge >= 0.3 is 5.97 Å². The number of allylic oxidation sites excluding steroid dienone is 4. The van der Waals surface area contributed by atoms with E-state index in [9.17, 15) is 4.79 Å². The maximum Gasteiger partial charge on any atom is 0.334 e. The van der Waals surface area contributed by atoms with Crippen molar-refractivity contribution in [2.24, 2.45) is 0 Å². The van der Waals surface area contributed by atoms with Gasteiger partial charge in [-0.3, -0.25) is 0 Å². The Morgan fingerprint density at radius 3 is 1.24 bits per heavy atom. The molecule has 198 valence electrons. The molecule has 0 heterocycles. The molecule has 4 heteroatoms. The highest BCUT2D eigenvalue weighted by Gasteiger charge is 2.17. The van der Waals surface area contributed by atoms with Crippen LogP contribution in [0.4, 0.5) is 0 Å². The summed E-state index contributed by atoms with van der Waals surface area (Å²) in [6, 6.07) is 0. The molecule has 0 fully saturated rings. The van der Waals surface area contributed by atoms with Crippen molar-refractivity contribution in [1.29, 1.82) is 0 Å². The molecule has 0 aliphatic heterocycles. The van der Waals surface area contributed by atoms with Gasteiger partial charge in [0.1, 0.15) is 5.60 Å². The van der Waals surface area contributed by atoms with Crippen molar-refractivity contribution in [3.63, 3.8) is 0 Å². The zero-order valence-corrected chi connectivity index (χ0v) is 25.5. The lowest BCUT2D eigenvalue weighted by molar-refractivity contribution is -0.149. The summed E-state index contributed by atoms with van der Waals surface area (Å²) >= 11 is 0. The van der Waals surface area contributed by atoms with Crippen molar-refractivity contribution < 1.29 is 19.4 Å². The van der Waals surface area contributed by atoms with Crippen LogP contribution in [0.1, 0.15) is 125 Å². The Labute approximate surface area is 207 Å². The van der Waals surface area contributed by atoms with Crippen LogP contribution in [0.15, 0.2) is 33.9 Å². The lowest BCUT2D eigenvalue weighted by atomic mass is 10.1. The van der Waals surface area contributed by atoms with Crippen LogP contribution in [-0.4, -0.2) is 34.5 Å². The van der Waals surface area contributed by atoms with E-state index in [4.69, 9.17) is 14.6 Å². The maximum absolute atomic E-state index is 11.3. The first kappa shape index (κ1) is 38.9. The first-order chi connectivity index (χ1) is 14.3. The van der Waals surface area contributed by atoms with Gasteiger partial charge in [-0.15, -0.1) is 0 Å². The van der Waals surface area contributed by atoms with Crippen LogP contribution in [0.3, 0.4) is 0 Å². The fourth-order valence-electron chi connectivity index (χ4n) is 1.03. The third kappa shape index (κ3) is 44.9. The molecule has 0 aromatic carbocycles. The smallest absolute Gasteiger partial charge is 0.334 e. The summed E-state index contributed by atoms with van der Waals surface area (Å²) in [6.07, 6.45) is 2.08. The van der Waals surface area contributed by atoms with E-state index >= 15 is 0 Å². The minimum Gasteiger partial charge on any atom is -0.457 e. The molecule has 0 spiro atoms. The number of aliphatic hydroxyl groups is 1. The van der Waals surface area contributed by atoms with Crippen LogP contribution in [0.2, 0.25) is 0 Å². The van der Waals surface area contributed by atoms with Gasteiger partial charge in [-0.25, -0.2) is 4.79 Å². The molecular formula is C29H58O4. The molecule has 0 atom stereocenters. The summed E-state index contributed by atoms with van der Waals surface area (Å²) in [5, 5.41) is 8.52. The van der Waals surface area contributed by atoms with Crippen LogP contribution in [0.5, 0.6) is 0 Å². The number of carbonyl (C=O) groups is 1. The largest absolute Gasteiger partial charge is 0.457 e. The van der Waals surface area contributed by atoms with Gasteiger partial charge in [0.05, 0.1) is 17.8 Å². The number of hydrogen-bond acceptors (Lipinski definition) is 4. The van der Waals surface area contributed by atoms with Crippen LogP contribution in [0.25, 0.3) is 0 Å². The number of hydrogen-bond donors (Lipinski definition) is 1.